The molecule has 2 rings (SSSR count). The second kappa shape index (κ2) is 9.07. The lowest BCUT2D eigenvalue weighted by atomic mass is 10.1. The Kier molecular flexibility index (Phi) is 7.10. The van der Waals surface area contributed by atoms with Crippen LogP contribution in [0.3, 0.4) is 0 Å². The Balaban J connectivity index is 1.77. The minimum Gasteiger partial charge on any atom is -0.357 e. The number of aromatic nitrogens is 2. The van der Waals surface area contributed by atoms with Gasteiger partial charge in [0.2, 0.25) is 0 Å². The summed E-state index contributed by atoms with van der Waals surface area (Å²) in [5, 5.41) is 13.3. The van der Waals surface area contributed by atoms with Gasteiger partial charge in [0.05, 0.1) is 12.7 Å². The van der Waals surface area contributed by atoms with Gasteiger partial charge in [0.1, 0.15) is 0 Å². The number of nitrogens with one attached hydrogen (secondary N) is 3. The third-order valence-electron chi connectivity index (χ3n) is 4.17. The van der Waals surface area contributed by atoms with Gasteiger partial charge in [-0.1, -0.05) is 0 Å². The van der Waals surface area contributed by atoms with Crippen LogP contribution >= 0.6 is 0 Å². The van der Waals surface area contributed by atoms with E-state index in [1.165, 1.54) is 10.5 Å². The normalized spacial score (nSPS) is 19.4. The zero-order valence-corrected chi connectivity index (χ0v) is 14.8. The maximum absolute atomic E-state index is 12.5. The molecule has 0 bridgehead atoms. The summed E-state index contributed by atoms with van der Waals surface area (Å²) in [6.07, 6.45) is 0.166. The second-order valence-corrected chi connectivity index (χ2v) is 6.36. The highest BCUT2D eigenvalue weighted by Gasteiger charge is 2.34. The van der Waals surface area contributed by atoms with Crippen molar-refractivity contribution in [2.75, 3.05) is 32.7 Å². The zero-order chi connectivity index (χ0) is 18.3. The average Bonchev–Trinajstić information content (AvgIpc) is 3.11. The lowest BCUT2D eigenvalue weighted by molar-refractivity contribution is -0.143. The number of hydrogen-bond acceptors (Lipinski definition) is 3. The molecule has 0 saturated carbocycles. The Morgan fingerprint density at radius 1 is 1.48 bits per heavy atom. The number of hydrogen-bond donors (Lipinski definition) is 3. The minimum atomic E-state index is -4.14. The predicted octanol–water partition coefficient (Wildman–Crippen LogP) is 1.84. The molecule has 0 amide bonds. The molecule has 25 heavy (non-hydrogen) atoms. The quantitative estimate of drug-likeness (QED) is 0.394. The lowest BCUT2D eigenvalue weighted by Gasteiger charge is -2.19. The van der Waals surface area contributed by atoms with Crippen molar-refractivity contribution in [3.05, 3.63) is 17.5 Å². The second-order valence-electron chi connectivity index (χ2n) is 6.36. The van der Waals surface area contributed by atoms with E-state index in [-0.39, 0.29) is 6.04 Å². The van der Waals surface area contributed by atoms with Crippen LogP contribution in [0.25, 0.3) is 0 Å². The van der Waals surface area contributed by atoms with Gasteiger partial charge in [-0.3, -0.25) is 15.0 Å². The van der Waals surface area contributed by atoms with E-state index < -0.39 is 12.7 Å². The summed E-state index contributed by atoms with van der Waals surface area (Å²) in [5.41, 5.74) is 2.26. The number of alkyl halides is 3. The van der Waals surface area contributed by atoms with Crippen molar-refractivity contribution >= 4 is 5.96 Å². The number of likely N-dealkylation sites (tertiary alicyclic amines) is 1. The monoisotopic (exact) mass is 360 g/mol. The molecule has 3 N–H and O–H groups in total. The van der Waals surface area contributed by atoms with Crippen LogP contribution in [0.1, 0.15) is 31.0 Å². The van der Waals surface area contributed by atoms with Crippen LogP contribution in [0.5, 0.6) is 0 Å². The van der Waals surface area contributed by atoms with Gasteiger partial charge in [-0.25, -0.2) is 0 Å². The third kappa shape index (κ3) is 6.93. The van der Waals surface area contributed by atoms with Crippen LogP contribution in [-0.4, -0.2) is 66.0 Å². The highest BCUT2D eigenvalue weighted by Crippen LogP contribution is 2.19. The number of rotatable bonds is 7. The van der Waals surface area contributed by atoms with Crippen molar-refractivity contribution < 1.29 is 13.2 Å². The van der Waals surface area contributed by atoms with Crippen molar-refractivity contribution in [3.63, 3.8) is 0 Å². The van der Waals surface area contributed by atoms with E-state index >= 15 is 0 Å². The first-order valence-electron chi connectivity index (χ1n) is 8.70. The summed E-state index contributed by atoms with van der Waals surface area (Å²) in [6.45, 7) is 5.32. The summed E-state index contributed by atoms with van der Waals surface area (Å²) in [5.74, 6) is 0.672. The van der Waals surface area contributed by atoms with Gasteiger partial charge in [-0.05, 0) is 38.7 Å². The molecule has 1 atom stereocenters. The first-order valence-corrected chi connectivity index (χ1v) is 8.70. The summed E-state index contributed by atoms with van der Waals surface area (Å²) >= 11 is 0. The Morgan fingerprint density at radius 2 is 2.28 bits per heavy atom. The minimum absolute atomic E-state index is 0.00346. The lowest BCUT2D eigenvalue weighted by Crippen LogP contribution is -2.45. The van der Waals surface area contributed by atoms with Crippen LogP contribution < -0.4 is 10.6 Å². The fourth-order valence-corrected chi connectivity index (χ4v) is 2.95. The first-order chi connectivity index (χ1) is 11.9. The van der Waals surface area contributed by atoms with Crippen molar-refractivity contribution in [2.24, 2.45) is 4.99 Å². The molecule has 1 aliphatic heterocycles. The third-order valence-corrected chi connectivity index (χ3v) is 4.17. The largest absolute Gasteiger partial charge is 0.401 e. The van der Waals surface area contributed by atoms with Gasteiger partial charge in [0.15, 0.2) is 5.96 Å². The fourth-order valence-electron chi connectivity index (χ4n) is 2.95. The van der Waals surface area contributed by atoms with Gasteiger partial charge >= 0.3 is 6.18 Å². The zero-order valence-electron chi connectivity index (χ0n) is 14.8. The maximum Gasteiger partial charge on any atom is 0.401 e. The Morgan fingerprint density at radius 3 is 2.92 bits per heavy atom. The summed E-state index contributed by atoms with van der Waals surface area (Å²) in [4.78, 5) is 5.96. The van der Waals surface area contributed by atoms with Crippen LogP contribution in [-0.2, 0) is 6.42 Å². The van der Waals surface area contributed by atoms with Crippen LogP contribution in [0, 0.1) is 6.92 Å². The molecule has 6 nitrogen and oxygen atoms in total. The van der Waals surface area contributed by atoms with Crippen LogP contribution in [0.4, 0.5) is 13.2 Å². The number of halogens is 3. The van der Waals surface area contributed by atoms with E-state index in [4.69, 9.17) is 0 Å². The molecular weight excluding hydrogens is 333 g/mol. The van der Waals surface area contributed by atoms with Crippen molar-refractivity contribution in [1.82, 2.24) is 25.7 Å². The topological polar surface area (TPSA) is 68.3 Å². The molecule has 0 radical (unpaired) electrons. The highest BCUT2D eigenvalue weighted by atomic mass is 19.4. The molecule has 1 aromatic rings. The van der Waals surface area contributed by atoms with Crippen molar-refractivity contribution in [3.8, 4) is 0 Å². The van der Waals surface area contributed by atoms with Crippen LogP contribution in [0.15, 0.2) is 11.2 Å². The summed E-state index contributed by atoms with van der Waals surface area (Å²) in [7, 11) is 0. The van der Waals surface area contributed by atoms with Crippen molar-refractivity contribution in [1.29, 1.82) is 0 Å². The molecular formula is C16H27F3N6. The number of guanidine groups is 1. The molecule has 0 aliphatic carbocycles. The highest BCUT2D eigenvalue weighted by molar-refractivity contribution is 5.80. The van der Waals surface area contributed by atoms with Gasteiger partial charge in [0.25, 0.3) is 0 Å². The fraction of sp³-hybridized carbons (Fsp3) is 0.750. The Labute approximate surface area is 146 Å². The molecule has 1 saturated heterocycles. The van der Waals surface area contributed by atoms with E-state index in [1.54, 1.807) is 0 Å². The summed E-state index contributed by atoms with van der Waals surface area (Å²) < 4.78 is 37.4. The van der Waals surface area contributed by atoms with E-state index in [9.17, 15) is 13.2 Å². The standard InChI is InChI=1S/C16H27F3N6/c1-3-20-15(21-7-4-5-13-9-22-24-12(13)2)23-14-6-8-25(10-14)11-16(17,18)19/h9,14H,3-8,10-11H2,1-2H3,(H,22,24)(H2,20,21,23). The molecule has 142 valence electrons. The summed E-state index contributed by atoms with van der Waals surface area (Å²) in [6, 6.07) is -0.00346. The first kappa shape index (κ1) is 19.6. The molecule has 1 fully saturated rings. The number of H-pyrrole nitrogens is 1. The van der Waals surface area contributed by atoms with Crippen molar-refractivity contribution in [2.45, 2.75) is 45.3 Å². The van der Waals surface area contributed by atoms with E-state index in [1.807, 2.05) is 20.0 Å². The molecule has 1 unspecified atom stereocenters. The smallest absolute Gasteiger partial charge is 0.357 e. The van der Waals surface area contributed by atoms with Gasteiger partial charge in [-0.15, -0.1) is 0 Å². The predicted molar refractivity (Wildman–Crippen MR) is 91.7 cm³/mol. The van der Waals surface area contributed by atoms with E-state index in [2.05, 4.69) is 25.8 Å². The molecule has 1 aromatic heterocycles. The van der Waals surface area contributed by atoms with E-state index in [0.29, 0.717) is 38.6 Å². The number of aromatic amines is 1. The Bertz CT molecular complexity index is 554. The number of nitrogens with zero attached hydrogens (tertiary/aromatic N) is 3. The van der Waals surface area contributed by atoms with Crippen LogP contribution in [0.2, 0.25) is 0 Å². The molecule has 9 heteroatoms. The van der Waals surface area contributed by atoms with Gasteiger partial charge in [0, 0.05) is 37.9 Å². The molecule has 0 spiro atoms. The number of aryl methyl sites for hydroxylation is 2. The van der Waals surface area contributed by atoms with Gasteiger partial charge < -0.3 is 10.6 Å². The van der Waals surface area contributed by atoms with Gasteiger partial charge in [-0.2, -0.15) is 18.3 Å². The molecule has 0 aromatic carbocycles. The number of aliphatic imine (C=N–C) groups is 1. The SMILES string of the molecule is CCNC(=NCCCc1cn[nH]c1C)NC1CCN(CC(F)(F)F)C1. The molecule has 2 heterocycles. The van der Waals surface area contributed by atoms with E-state index in [0.717, 1.165) is 18.5 Å². The average molecular weight is 360 g/mol. The maximum atomic E-state index is 12.5. The Hall–Kier alpha value is -1.77. The molecule has 1 aliphatic rings.